The monoisotopic (exact) mass is 294 g/mol. The largest absolute Gasteiger partial charge is 0.480 e. The molecule has 3 N–H and O–H groups in total. The molecule has 0 saturated carbocycles. The van der Waals surface area contributed by atoms with Gasteiger partial charge in [0.25, 0.3) is 0 Å². The van der Waals surface area contributed by atoms with Crippen molar-refractivity contribution in [1.29, 1.82) is 0 Å². The van der Waals surface area contributed by atoms with Gasteiger partial charge in [-0.05, 0) is 6.42 Å². The summed E-state index contributed by atoms with van der Waals surface area (Å²) >= 11 is 0. The van der Waals surface area contributed by atoms with Crippen LogP contribution in [-0.4, -0.2) is 72.8 Å². The van der Waals surface area contributed by atoms with Gasteiger partial charge in [0.05, 0.1) is 11.5 Å². The Kier molecular flexibility index (Phi) is 5.12. The molecule has 1 heterocycles. The summed E-state index contributed by atoms with van der Waals surface area (Å²) in [5.74, 6) is -1.31. The molecule has 0 radical (unpaired) electrons. The lowest BCUT2D eigenvalue weighted by Gasteiger charge is -2.25. The second-order valence-corrected chi connectivity index (χ2v) is 6.75. The van der Waals surface area contributed by atoms with E-state index in [1.807, 2.05) is 0 Å². The molecule has 0 spiro atoms. The summed E-state index contributed by atoms with van der Waals surface area (Å²) in [7, 11) is -1.68. The minimum absolute atomic E-state index is 0.0360. The predicted octanol–water partition coefficient (Wildman–Crippen LogP) is -1.35. The molecule has 0 aromatic rings. The molecule has 0 bridgehead atoms. The fourth-order valence-electron chi connectivity index (χ4n) is 1.88. The van der Waals surface area contributed by atoms with Crippen LogP contribution in [0.3, 0.4) is 0 Å². The molecule has 1 saturated heterocycles. The highest BCUT2D eigenvalue weighted by Gasteiger charge is 2.33. The normalized spacial score (nSPS) is 22.7. The van der Waals surface area contributed by atoms with Crippen LogP contribution in [0.4, 0.5) is 4.79 Å². The number of nitrogens with one attached hydrogen (secondary N) is 1. The van der Waals surface area contributed by atoms with Gasteiger partial charge in [-0.25, -0.2) is 18.0 Å². The molecule has 9 heteroatoms. The molecule has 0 aromatic heterocycles. The lowest BCUT2D eigenvalue weighted by molar-refractivity contribution is -0.139. The molecule has 2 amide bonds. The zero-order chi connectivity index (χ0) is 14.6. The number of aliphatic hydroxyl groups is 1. The van der Waals surface area contributed by atoms with E-state index < -0.39 is 33.9 Å². The highest BCUT2D eigenvalue weighted by molar-refractivity contribution is 7.91. The standard InChI is InChI=1S/C10H18N2O6S/c1-12(7-3-5-19(17,18)6-7)10(16)11-8(2-4-13)9(14)15/h7-8,13H,2-6H2,1H3,(H,11,16)(H,14,15)/t7?,8-/m0/s1. The molecule has 1 unspecified atom stereocenters. The van der Waals surface area contributed by atoms with Gasteiger partial charge in [-0.3, -0.25) is 0 Å². The van der Waals surface area contributed by atoms with Crippen molar-refractivity contribution in [3.63, 3.8) is 0 Å². The van der Waals surface area contributed by atoms with Crippen molar-refractivity contribution in [2.45, 2.75) is 24.9 Å². The average Bonchev–Trinajstić information content (AvgIpc) is 2.67. The number of aliphatic carboxylic acids is 1. The van der Waals surface area contributed by atoms with Crippen LogP contribution in [0.25, 0.3) is 0 Å². The van der Waals surface area contributed by atoms with Gasteiger partial charge in [-0.2, -0.15) is 0 Å². The summed E-state index contributed by atoms with van der Waals surface area (Å²) in [6, 6.07) is -2.27. The fourth-order valence-corrected chi connectivity index (χ4v) is 3.66. The van der Waals surface area contributed by atoms with Crippen LogP contribution in [0.15, 0.2) is 0 Å². The third-order valence-electron chi connectivity index (χ3n) is 3.09. The summed E-state index contributed by atoms with van der Waals surface area (Å²) in [5, 5.41) is 19.8. The second-order valence-electron chi connectivity index (χ2n) is 4.52. The molecule has 2 atom stereocenters. The van der Waals surface area contributed by atoms with Gasteiger partial charge in [0.1, 0.15) is 6.04 Å². The van der Waals surface area contributed by atoms with E-state index in [9.17, 15) is 18.0 Å². The maximum atomic E-state index is 11.8. The minimum atomic E-state index is -3.11. The lowest BCUT2D eigenvalue weighted by Crippen LogP contribution is -2.50. The molecule has 8 nitrogen and oxygen atoms in total. The number of carbonyl (C=O) groups excluding carboxylic acids is 1. The van der Waals surface area contributed by atoms with E-state index >= 15 is 0 Å². The maximum absolute atomic E-state index is 11.8. The van der Waals surface area contributed by atoms with Crippen molar-refractivity contribution >= 4 is 21.8 Å². The predicted molar refractivity (Wildman–Crippen MR) is 66.5 cm³/mol. The van der Waals surface area contributed by atoms with E-state index in [0.717, 1.165) is 0 Å². The molecule has 1 fully saturated rings. The van der Waals surface area contributed by atoms with Gasteiger partial charge in [0, 0.05) is 26.1 Å². The first-order valence-electron chi connectivity index (χ1n) is 5.84. The number of rotatable bonds is 5. The number of carbonyl (C=O) groups is 2. The van der Waals surface area contributed by atoms with Crippen LogP contribution < -0.4 is 5.32 Å². The van der Waals surface area contributed by atoms with Gasteiger partial charge in [-0.15, -0.1) is 0 Å². The number of carboxylic acids is 1. The number of hydrogen-bond acceptors (Lipinski definition) is 5. The van der Waals surface area contributed by atoms with Gasteiger partial charge in [0.15, 0.2) is 9.84 Å². The van der Waals surface area contributed by atoms with Crippen LogP contribution in [0, 0.1) is 0 Å². The van der Waals surface area contributed by atoms with Crippen LogP contribution in [0.5, 0.6) is 0 Å². The summed E-state index contributed by atoms with van der Waals surface area (Å²) in [5.41, 5.74) is 0. The lowest BCUT2D eigenvalue weighted by atomic mass is 10.2. The van der Waals surface area contributed by atoms with E-state index in [0.29, 0.717) is 6.42 Å². The quantitative estimate of drug-likeness (QED) is 0.576. The van der Waals surface area contributed by atoms with Crippen LogP contribution in [0.2, 0.25) is 0 Å². The zero-order valence-electron chi connectivity index (χ0n) is 10.6. The Bertz CT molecular complexity index is 449. The maximum Gasteiger partial charge on any atom is 0.326 e. The third kappa shape index (κ3) is 4.35. The van der Waals surface area contributed by atoms with Crippen LogP contribution in [0.1, 0.15) is 12.8 Å². The molecule has 1 aliphatic rings. The fraction of sp³-hybridized carbons (Fsp3) is 0.800. The Hall–Kier alpha value is -1.35. The van der Waals surface area contributed by atoms with Gasteiger partial charge in [-0.1, -0.05) is 0 Å². The van der Waals surface area contributed by atoms with Crippen molar-refractivity contribution in [2.24, 2.45) is 0 Å². The number of urea groups is 1. The minimum Gasteiger partial charge on any atom is -0.480 e. The number of nitrogens with zero attached hydrogens (tertiary/aromatic N) is 1. The molecule has 1 rings (SSSR count). The molecule has 19 heavy (non-hydrogen) atoms. The van der Waals surface area contributed by atoms with E-state index in [2.05, 4.69) is 5.32 Å². The molecule has 1 aliphatic heterocycles. The summed E-state index contributed by atoms with van der Waals surface area (Å²) < 4.78 is 22.6. The Labute approximate surface area is 111 Å². The van der Waals surface area contributed by atoms with Gasteiger partial charge in [0.2, 0.25) is 0 Å². The number of carboxylic acid groups (broad SMARTS) is 1. The highest BCUT2D eigenvalue weighted by Crippen LogP contribution is 2.16. The topological polar surface area (TPSA) is 124 Å². The van der Waals surface area contributed by atoms with Gasteiger partial charge >= 0.3 is 12.0 Å². The number of sulfone groups is 1. The Morgan fingerprint density at radius 2 is 2.11 bits per heavy atom. The van der Waals surface area contributed by atoms with Gasteiger partial charge < -0.3 is 20.4 Å². The van der Waals surface area contributed by atoms with Crippen molar-refractivity contribution in [1.82, 2.24) is 10.2 Å². The van der Waals surface area contributed by atoms with Crippen molar-refractivity contribution in [2.75, 3.05) is 25.2 Å². The van der Waals surface area contributed by atoms with Crippen LogP contribution in [-0.2, 0) is 14.6 Å². The summed E-state index contributed by atoms with van der Waals surface area (Å²) in [4.78, 5) is 23.8. The first-order chi connectivity index (χ1) is 8.76. The van der Waals surface area contributed by atoms with Crippen molar-refractivity contribution in [3.05, 3.63) is 0 Å². The first-order valence-corrected chi connectivity index (χ1v) is 7.66. The molecular formula is C10H18N2O6S. The smallest absolute Gasteiger partial charge is 0.326 e. The Balaban J connectivity index is 2.60. The van der Waals surface area contributed by atoms with Crippen molar-refractivity contribution < 1.29 is 28.2 Å². The zero-order valence-corrected chi connectivity index (χ0v) is 11.4. The van der Waals surface area contributed by atoms with E-state index in [4.69, 9.17) is 10.2 Å². The number of hydrogen-bond donors (Lipinski definition) is 3. The molecular weight excluding hydrogens is 276 g/mol. The average molecular weight is 294 g/mol. The third-order valence-corrected chi connectivity index (χ3v) is 4.84. The molecule has 0 aliphatic carbocycles. The first kappa shape index (κ1) is 15.7. The van der Waals surface area contributed by atoms with Crippen LogP contribution >= 0.6 is 0 Å². The Morgan fingerprint density at radius 3 is 2.53 bits per heavy atom. The molecule has 110 valence electrons. The summed E-state index contributed by atoms with van der Waals surface area (Å²) in [6.45, 7) is -0.362. The number of amides is 2. The SMILES string of the molecule is CN(C(=O)N[C@@H](CCO)C(=O)O)C1CCS(=O)(=O)C1. The highest BCUT2D eigenvalue weighted by atomic mass is 32.2. The van der Waals surface area contributed by atoms with E-state index in [-0.39, 0.29) is 24.5 Å². The van der Waals surface area contributed by atoms with E-state index in [1.165, 1.54) is 11.9 Å². The molecule has 0 aromatic carbocycles. The van der Waals surface area contributed by atoms with E-state index in [1.54, 1.807) is 0 Å². The number of aliphatic hydroxyl groups excluding tert-OH is 1. The summed E-state index contributed by atoms with van der Waals surface area (Å²) in [6.07, 6.45) is 0.252. The van der Waals surface area contributed by atoms with Crippen molar-refractivity contribution in [3.8, 4) is 0 Å². The Morgan fingerprint density at radius 1 is 1.47 bits per heavy atom. The second kappa shape index (κ2) is 6.20.